The highest BCUT2D eigenvalue weighted by Gasteiger charge is 2.23. The number of hydrogen-bond donors (Lipinski definition) is 2. The minimum absolute atomic E-state index is 0.362. The lowest BCUT2D eigenvalue weighted by molar-refractivity contribution is 0.502. The third-order valence-electron chi connectivity index (χ3n) is 1.83. The van der Waals surface area contributed by atoms with E-state index < -0.39 is 14.4 Å². The summed E-state index contributed by atoms with van der Waals surface area (Å²) in [5.74, 6) is 0. The molecule has 2 unspecified atom stereocenters. The van der Waals surface area contributed by atoms with Crippen LogP contribution in [0.1, 0.15) is 17.7 Å². The fourth-order valence-corrected chi connectivity index (χ4v) is 3.57. The number of rotatable bonds is 4. The van der Waals surface area contributed by atoms with Crippen LogP contribution in [0.2, 0.25) is 0 Å². The molecular formula is C9H13NO3S2. The molecule has 0 spiro atoms. The van der Waals surface area contributed by atoms with Gasteiger partial charge in [-0.25, -0.2) is 0 Å². The maximum atomic E-state index is 10.8. The molecule has 0 heterocycles. The highest BCUT2D eigenvalue weighted by molar-refractivity contribution is 8.70. The summed E-state index contributed by atoms with van der Waals surface area (Å²) in [6.45, 7) is 1.70. The van der Waals surface area contributed by atoms with Gasteiger partial charge in [-0.2, -0.15) is 8.42 Å². The van der Waals surface area contributed by atoms with Crippen LogP contribution in [0.4, 0.5) is 0 Å². The van der Waals surface area contributed by atoms with Gasteiger partial charge in [0.15, 0.2) is 0 Å². The molecule has 0 saturated carbocycles. The average molecular weight is 247 g/mol. The van der Waals surface area contributed by atoms with Crippen LogP contribution >= 0.6 is 10.8 Å². The van der Waals surface area contributed by atoms with Crippen LogP contribution in [0.5, 0.6) is 0 Å². The molecule has 0 aliphatic rings. The smallest absolute Gasteiger partial charge is 0.320 e. The van der Waals surface area contributed by atoms with E-state index in [1.54, 1.807) is 31.2 Å². The van der Waals surface area contributed by atoms with Crippen molar-refractivity contribution in [2.24, 2.45) is 5.73 Å². The van der Waals surface area contributed by atoms with Crippen molar-refractivity contribution in [2.75, 3.05) is 0 Å². The maximum Gasteiger partial charge on any atom is 0.320 e. The van der Waals surface area contributed by atoms with Gasteiger partial charge in [-0.3, -0.25) is 4.55 Å². The zero-order valence-corrected chi connectivity index (χ0v) is 9.83. The van der Waals surface area contributed by atoms with E-state index in [-0.39, 0.29) is 6.04 Å². The second kappa shape index (κ2) is 4.98. The summed E-state index contributed by atoms with van der Waals surface area (Å²) >= 11 is 0. The van der Waals surface area contributed by atoms with Crippen molar-refractivity contribution in [2.45, 2.75) is 18.2 Å². The first-order valence-corrected chi connectivity index (χ1v) is 7.20. The molecule has 0 aromatic heterocycles. The Morgan fingerprint density at radius 3 is 2.27 bits per heavy atom. The molecule has 1 aromatic carbocycles. The maximum absolute atomic E-state index is 10.8. The third-order valence-corrected chi connectivity index (χ3v) is 4.33. The first-order chi connectivity index (χ1) is 6.90. The van der Waals surface area contributed by atoms with Crippen molar-refractivity contribution in [3.05, 3.63) is 35.9 Å². The minimum atomic E-state index is -4.08. The fourth-order valence-electron chi connectivity index (χ4n) is 1.22. The molecule has 84 valence electrons. The zero-order valence-electron chi connectivity index (χ0n) is 8.20. The van der Waals surface area contributed by atoms with Crippen LogP contribution in [-0.2, 0) is 9.15 Å². The van der Waals surface area contributed by atoms with Crippen molar-refractivity contribution in [1.29, 1.82) is 0 Å². The molecule has 2 atom stereocenters. The van der Waals surface area contributed by atoms with E-state index in [4.69, 9.17) is 10.3 Å². The molecule has 0 fully saturated rings. The van der Waals surface area contributed by atoms with Crippen LogP contribution in [-0.4, -0.2) is 19.0 Å². The van der Waals surface area contributed by atoms with E-state index in [0.717, 1.165) is 5.56 Å². The van der Waals surface area contributed by atoms with E-state index in [0.29, 0.717) is 10.8 Å². The van der Waals surface area contributed by atoms with Gasteiger partial charge in [0.2, 0.25) is 0 Å². The highest BCUT2D eigenvalue weighted by Crippen LogP contribution is 2.34. The highest BCUT2D eigenvalue weighted by atomic mass is 33.1. The SMILES string of the molecule is CC(N)C(SS(=O)(=O)O)c1ccccc1. The Morgan fingerprint density at radius 2 is 1.87 bits per heavy atom. The number of nitrogens with two attached hydrogens (primary N) is 1. The lowest BCUT2D eigenvalue weighted by atomic mass is 10.1. The Kier molecular flexibility index (Phi) is 4.15. The van der Waals surface area contributed by atoms with E-state index in [2.05, 4.69) is 0 Å². The van der Waals surface area contributed by atoms with Gasteiger partial charge < -0.3 is 5.73 Å². The van der Waals surface area contributed by atoms with E-state index in [9.17, 15) is 8.42 Å². The van der Waals surface area contributed by atoms with Gasteiger partial charge in [-0.1, -0.05) is 30.3 Å². The Balaban J connectivity index is 2.95. The summed E-state index contributed by atoms with van der Waals surface area (Å²) in [5.41, 5.74) is 6.47. The Labute approximate surface area is 93.0 Å². The molecule has 0 aliphatic heterocycles. The standard InChI is InChI=1S/C9H13NO3S2/c1-7(10)9(14-15(11,12)13)8-5-3-2-4-6-8/h2-7,9H,10H2,1H3,(H,11,12,13). The molecule has 4 nitrogen and oxygen atoms in total. The van der Waals surface area contributed by atoms with Gasteiger partial charge >= 0.3 is 9.15 Å². The summed E-state index contributed by atoms with van der Waals surface area (Å²) < 4.78 is 30.3. The van der Waals surface area contributed by atoms with Gasteiger partial charge in [0.05, 0.1) is 5.25 Å². The quantitative estimate of drug-likeness (QED) is 0.624. The second-order valence-corrected chi connectivity index (χ2v) is 6.61. The Hall–Kier alpha value is -0.560. The lowest BCUT2D eigenvalue weighted by Crippen LogP contribution is -2.23. The number of benzene rings is 1. The van der Waals surface area contributed by atoms with Gasteiger partial charge in [0.1, 0.15) is 0 Å². The van der Waals surface area contributed by atoms with E-state index >= 15 is 0 Å². The first kappa shape index (κ1) is 12.5. The summed E-state index contributed by atoms with van der Waals surface area (Å²) in [6, 6.07) is 8.64. The minimum Gasteiger partial charge on any atom is -0.327 e. The van der Waals surface area contributed by atoms with Crippen LogP contribution in [0.3, 0.4) is 0 Å². The molecule has 0 aliphatic carbocycles. The largest absolute Gasteiger partial charge is 0.327 e. The normalized spacial score (nSPS) is 15.9. The topological polar surface area (TPSA) is 80.4 Å². The summed E-state index contributed by atoms with van der Waals surface area (Å²) in [7, 11) is -3.61. The molecule has 15 heavy (non-hydrogen) atoms. The molecule has 1 aromatic rings. The van der Waals surface area contributed by atoms with Gasteiger partial charge in [-0.05, 0) is 12.5 Å². The Morgan fingerprint density at radius 1 is 1.33 bits per heavy atom. The Bertz CT molecular complexity index is 403. The second-order valence-electron chi connectivity index (χ2n) is 3.21. The molecule has 6 heteroatoms. The van der Waals surface area contributed by atoms with Gasteiger partial charge in [-0.15, -0.1) is 0 Å². The average Bonchev–Trinajstić information content (AvgIpc) is 2.14. The lowest BCUT2D eigenvalue weighted by Gasteiger charge is -2.18. The van der Waals surface area contributed by atoms with Crippen LogP contribution < -0.4 is 5.73 Å². The monoisotopic (exact) mass is 247 g/mol. The summed E-state index contributed by atoms with van der Waals surface area (Å²) in [5, 5.41) is -0.457. The zero-order chi connectivity index (χ0) is 11.5. The van der Waals surface area contributed by atoms with Crippen molar-refractivity contribution in [3.63, 3.8) is 0 Å². The van der Waals surface area contributed by atoms with Crippen LogP contribution in [0.15, 0.2) is 30.3 Å². The van der Waals surface area contributed by atoms with Crippen molar-refractivity contribution in [3.8, 4) is 0 Å². The van der Waals surface area contributed by atoms with Crippen LogP contribution in [0.25, 0.3) is 0 Å². The molecule has 0 radical (unpaired) electrons. The molecule has 3 N–H and O–H groups in total. The molecule has 0 amide bonds. The van der Waals surface area contributed by atoms with Crippen molar-refractivity contribution >= 4 is 19.9 Å². The van der Waals surface area contributed by atoms with Crippen molar-refractivity contribution < 1.29 is 13.0 Å². The summed E-state index contributed by atoms with van der Waals surface area (Å²) in [6.07, 6.45) is 0. The fraction of sp³-hybridized carbons (Fsp3) is 0.333. The van der Waals surface area contributed by atoms with Crippen molar-refractivity contribution in [1.82, 2.24) is 0 Å². The van der Waals surface area contributed by atoms with E-state index in [1.165, 1.54) is 0 Å². The molecule has 1 rings (SSSR count). The predicted octanol–water partition coefficient (Wildman–Crippen LogP) is 1.61. The van der Waals surface area contributed by atoms with Gasteiger partial charge in [0, 0.05) is 16.8 Å². The van der Waals surface area contributed by atoms with Gasteiger partial charge in [0.25, 0.3) is 0 Å². The molecule has 0 bridgehead atoms. The van der Waals surface area contributed by atoms with E-state index in [1.807, 2.05) is 6.07 Å². The molecule has 0 saturated heterocycles. The molecular weight excluding hydrogens is 234 g/mol. The number of hydrogen-bond acceptors (Lipinski definition) is 4. The first-order valence-electron chi connectivity index (χ1n) is 4.36. The summed E-state index contributed by atoms with van der Waals surface area (Å²) in [4.78, 5) is 0. The predicted molar refractivity (Wildman–Crippen MR) is 62.0 cm³/mol. The third kappa shape index (κ3) is 4.21. The van der Waals surface area contributed by atoms with Crippen LogP contribution in [0, 0.1) is 0 Å².